The molecule has 0 atom stereocenters. The molecule has 0 bridgehead atoms. The number of carbonyl (C=O) groups is 2. The molecule has 2 amide bonds. The minimum absolute atomic E-state index is 0. The van der Waals surface area contributed by atoms with Crippen LogP contribution in [0, 0.1) is 0 Å². The van der Waals surface area contributed by atoms with E-state index in [4.69, 9.17) is 0 Å². The molecule has 0 aromatic rings. The van der Waals surface area contributed by atoms with E-state index in [0.717, 1.165) is 45.7 Å². The van der Waals surface area contributed by atoms with Crippen molar-refractivity contribution in [3.63, 3.8) is 0 Å². The summed E-state index contributed by atoms with van der Waals surface area (Å²) < 4.78 is 0. The SMILES string of the molecule is CCN(CC)C(=O)CCC(=O)N1CCCNCC1.Cl. The van der Waals surface area contributed by atoms with Gasteiger partial charge in [-0.1, -0.05) is 0 Å². The van der Waals surface area contributed by atoms with Gasteiger partial charge in [-0.3, -0.25) is 9.59 Å². The van der Waals surface area contributed by atoms with Gasteiger partial charge in [-0.25, -0.2) is 0 Å². The molecule has 112 valence electrons. The lowest BCUT2D eigenvalue weighted by Crippen LogP contribution is -2.36. The van der Waals surface area contributed by atoms with Crippen LogP contribution < -0.4 is 5.32 Å². The smallest absolute Gasteiger partial charge is 0.223 e. The molecule has 1 aliphatic heterocycles. The van der Waals surface area contributed by atoms with Crippen LogP contribution >= 0.6 is 12.4 Å². The van der Waals surface area contributed by atoms with Crippen molar-refractivity contribution >= 4 is 24.2 Å². The van der Waals surface area contributed by atoms with E-state index in [1.807, 2.05) is 18.7 Å². The van der Waals surface area contributed by atoms with Crippen LogP contribution in [0.4, 0.5) is 0 Å². The molecule has 0 spiro atoms. The van der Waals surface area contributed by atoms with Gasteiger partial charge in [0.1, 0.15) is 0 Å². The number of halogens is 1. The van der Waals surface area contributed by atoms with Gasteiger partial charge < -0.3 is 15.1 Å². The zero-order valence-corrected chi connectivity index (χ0v) is 12.8. The molecular weight excluding hydrogens is 266 g/mol. The highest BCUT2D eigenvalue weighted by atomic mass is 35.5. The summed E-state index contributed by atoms with van der Waals surface area (Å²) in [6.07, 6.45) is 1.68. The summed E-state index contributed by atoms with van der Waals surface area (Å²) in [4.78, 5) is 27.4. The van der Waals surface area contributed by atoms with Crippen molar-refractivity contribution in [2.24, 2.45) is 0 Å². The Hall–Kier alpha value is -0.810. The lowest BCUT2D eigenvalue weighted by atomic mass is 10.2. The van der Waals surface area contributed by atoms with Crippen LogP contribution in [0.15, 0.2) is 0 Å². The first kappa shape index (κ1) is 18.2. The first-order valence-electron chi connectivity index (χ1n) is 6.95. The van der Waals surface area contributed by atoms with E-state index >= 15 is 0 Å². The van der Waals surface area contributed by atoms with Gasteiger partial charge in [0, 0.05) is 45.6 Å². The van der Waals surface area contributed by atoms with Crippen LogP contribution in [-0.4, -0.2) is 60.9 Å². The fraction of sp³-hybridized carbons (Fsp3) is 0.846. The maximum Gasteiger partial charge on any atom is 0.223 e. The molecule has 1 heterocycles. The molecule has 19 heavy (non-hydrogen) atoms. The molecule has 0 saturated carbocycles. The Kier molecular flexibility index (Phi) is 9.61. The molecule has 6 heteroatoms. The third-order valence-corrected chi connectivity index (χ3v) is 3.36. The quantitative estimate of drug-likeness (QED) is 0.818. The molecule has 0 aromatic carbocycles. The van der Waals surface area contributed by atoms with E-state index in [9.17, 15) is 9.59 Å². The van der Waals surface area contributed by atoms with Crippen LogP contribution in [0.3, 0.4) is 0 Å². The largest absolute Gasteiger partial charge is 0.343 e. The Bertz CT molecular complexity index is 275. The van der Waals surface area contributed by atoms with E-state index in [-0.39, 0.29) is 24.2 Å². The predicted molar refractivity (Wildman–Crippen MR) is 78.5 cm³/mol. The van der Waals surface area contributed by atoms with Gasteiger partial charge >= 0.3 is 0 Å². The second-order valence-corrected chi connectivity index (χ2v) is 4.55. The third kappa shape index (κ3) is 6.25. The number of carbonyl (C=O) groups excluding carboxylic acids is 2. The van der Waals surface area contributed by atoms with Crippen molar-refractivity contribution in [2.45, 2.75) is 33.1 Å². The molecule has 1 rings (SSSR count). The standard InChI is InChI=1S/C13H25N3O2.ClH/c1-3-15(4-2)12(17)6-7-13(18)16-10-5-8-14-9-11-16;/h14H,3-11H2,1-2H3;1H. The maximum atomic E-state index is 12.0. The maximum absolute atomic E-state index is 12.0. The minimum Gasteiger partial charge on any atom is -0.343 e. The monoisotopic (exact) mass is 291 g/mol. The van der Waals surface area contributed by atoms with Gasteiger partial charge in [0.2, 0.25) is 11.8 Å². The molecule has 1 fully saturated rings. The van der Waals surface area contributed by atoms with Crippen LogP contribution in [0.5, 0.6) is 0 Å². The molecule has 0 radical (unpaired) electrons. The van der Waals surface area contributed by atoms with Crippen LogP contribution in [0.2, 0.25) is 0 Å². The zero-order valence-electron chi connectivity index (χ0n) is 12.0. The van der Waals surface area contributed by atoms with Crippen LogP contribution in [0.25, 0.3) is 0 Å². The van der Waals surface area contributed by atoms with Crippen molar-refractivity contribution in [3.05, 3.63) is 0 Å². The molecular formula is C13H26ClN3O2. The Labute approximate surface area is 122 Å². The molecule has 0 aromatic heterocycles. The Morgan fingerprint density at radius 1 is 1.11 bits per heavy atom. The van der Waals surface area contributed by atoms with E-state index in [1.165, 1.54) is 0 Å². The van der Waals surface area contributed by atoms with Crippen molar-refractivity contribution in [3.8, 4) is 0 Å². The Morgan fingerprint density at radius 3 is 2.42 bits per heavy atom. The molecule has 0 unspecified atom stereocenters. The van der Waals surface area contributed by atoms with E-state index in [0.29, 0.717) is 12.8 Å². The summed E-state index contributed by atoms with van der Waals surface area (Å²) in [5.41, 5.74) is 0. The number of hydrogen-bond acceptors (Lipinski definition) is 3. The van der Waals surface area contributed by atoms with Gasteiger partial charge in [-0.15, -0.1) is 12.4 Å². The van der Waals surface area contributed by atoms with Crippen molar-refractivity contribution < 1.29 is 9.59 Å². The number of amides is 2. The zero-order chi connectivity index (χ0) is 13.4. The fourth-order valence-corrected chi connectivity index (χ4v) is 2.20. The highest BCUT2D eigenvalue weighted by molar-refractivity contribution is 5.85. The summed E-state index contributed by atoms with van der Waals surface area (Å²) in [6, 6.07) is 0. The summed E-state index contributed by atoms with van der Waals surface area (Å²) in [5.74, 6) is 0.195. The Morgan fingerprint density at radius 2 is 1.79 bits per heavy atom. The normalized spacial score (nSPS) is 15.4. The van der Waals surface area contributed by atoms with Crippen molar-refractivity contribution in [1.82, 2.24) is 15.1 Å². The highest BCUT2D eigenvalue weighted by Gasteiger charge is 2.17. The van der Waals surface area contributed by atoms with E-state index in [2.05, 4.69) is 5.32 Å². The van der Waals surface area contributed by atoms with Crippen LogP contribution in [0.1, 0.15) is 33.1 Å². The molecule has 1 saturated heterocycles. The first-order chi connectivity index (χ1) is 8.69. The Balaban J connectivity index is 0.00000324. The lowest BCUT2D eigenvalue weighted by Gasteiger charge is -2.21. The van der Waals surface area contributed by atoms with Gasteiger partial charge in [0.25, 0.3) is 0 Å². The fourth-order valence-electron chi connectivity index (χ4n) is 2.20. The number of hydrogen-bond donors (Lipinski definition) is 1. The van der Waals surface area contributed by atoms with Crippen molar-refractivity contribution in [2.75, 3.05) is 39.3 Å². The second-order valence-electron chi connectivity index (χ2n) is 4.55. The van der Waals surface area contributed by atoms with Gasteiger partial charge in [-0.2, -0.15) is 0 Å². The van der Waals surface area contributed by atoms with Crippen molar-refractivity contribution in [1.29, 1.82) is 0 Å². The first-order valence-corrected chi connectivity index (χ1v) is 6.95. The van der Waals surface area contributed by atoms with Gasteiger partial charge in [-0.05, 0) is 26.8 Å². The minimum atomic E-state index is 0. The van der Waals surface area contributed by atoms with Crippen LogP contribution in [-0.2, 0) is 9.59 Å². The summed E-state index contributed by atoms with van der Waals surface area (Å²) in [5, 5.41) is 3.26. The summed E-state index contributed by atoms with van der Waals surface area (Å²) in [7, 11) is 0. The molecule has 5 nitrogen and oxygen atoms in total. The van der Waals surface area contributed by atoms with E-state index in [1.54, 1.807) is 4.90 Å². The molecule has 1 aliphatic rings. The third-order valence-electron chi connectivity index (χ3n) is 3.36. The van der Waals surface area contributed by atoms with E-state index < -0.39 is 0 Å². The second kappa shape index (κ2) is 10.0. The number of rotatable bonds is 5. The average Bonchev–Trinajstić information content (AvgIpc) is 2.66. The van der Waals surface area contributed by atoms with Gasteiger partial charge in [0.15, 0.2) is 0 Å². The van der Waals surface area contributed by atoms with Gasteiger partial charge in [0.05, 0.1) is 0 Å². The number of nitrogens with zero attached hydrogens (tertiary/aromatic N) is 2. The molecule has 1 N–H and O–H groups in total. The average molecular weight is 292 g/mol. The number of nitrogens with one attached hydrogen (secondary N) is 1. The lowest BCUT2D eigenvalue weighted by molar-refractivity contribution is -0.136. The summed E-state index contributed by atoms with van der Waals surface area (Å²) in [6.45, 7) is 8.77. The summed E-state index contributed by atoms with van der Waals surface area (Å²) >= 11 is 0. The topological polar surface area (TPSA) is 52.7 Å². The highest BCUT2D eigenvalue weighted by Crippen LogP contribution is 2.04. The molecule has 0 aliphatic carbocycles. The predicted octanol–water partition coefficient (Wildman–Crippen LogP) is 0.879.